The Hall–Kier alpha value is -2.26. The van der Waals surface area contributed by atoms with Crippen molar-refractivity contribution in [2.75, 3.05) is 13.2 Å². The number of hydrogen-bond acceptors (Lipinski definition) is 2. The molecule has 0 heterocycles. The highest BCUT2D eigenvalue weighted by molar-refractivity contribution is 5.85. The zero-order valence-corrected chi connectivity index (χ0v) is 11.2. The molecule has 0 fully saturated rings. The van der Waals surface area contributed by atoms with Crippen LogP contribution in [-0.4, -0.2) is 23.4 Å². The van der Waals surface area contributed by atoms with Crippen molar-refractivity contribution in [2.24, 2.45) is 0 Å². The average Bonchev–Trinajstić information content (AvgIpc) is 2.48. The van der Waals surface area contributed by atoms with Crippen molar-refractivity contribution in [3.8, 4) is 23.7 Å². The van der Waals surface area contributed by atoms with Crippen LogP contribution in [0.25, 0.3) is 10.8 Å². The van der Waals surface area contributed by atoms with Gasteiger partial charge in [0.2, 0.25) is 0 Å². The van der Waals surface area contributed by atoms with Crippen LogP contribution in [-0.2, 0) is 0 Å². The Morgan fingerprint density at radius 3 is 1.55 bits per heavy atom. The fraction of sp³-hybridized carbons (Fsp3) is 0.222. The smallest absolute Gasteiger partial charge is 0.0540 e. The Bertz CT molecular complexity index is 645. The van der Waals surface area contributed by atoms with Crippen LogP contribution >= 0.6 is 0 Å². The number of aliphatic hydroxyl groups is 2. The molecule has 0 saturated carbocycles. The lowest BCUT2D eigenvalue weighted by Gasteiger charge is -1.99. The minimum atomic E-state index is 0.0937. The largest absolute Gasteiger partial charge is 0.395 e. The van der Waals surface area contributed by atoms with Gasteiger partial charge in [0.15, 0.2) is 0 Å². The van der Waals surface area contributed by atoms with Gasteiger partial charge in [-0.05, 0) is 35.0 Å². The highest BCUT2D eigenvalue weighted by Gasteiger charge is 1.96. The summed E-state index contributed by atoms with van der Waals surface area (Å²) in [5, 5.41) is 19.6. The van der Waals surface area contributed by atoms with Gasteiger partial charge in [0.05, 0.1) is 13.2 Å². The van der Waals surface area contributed by atoms with E-state index in [-0.39, 0.29) is 13.2 Å². The van der Waals surface area contributed by atoms with Gasteiger partial charge in [-0.15, -0.1) is 0 Å². The molecule has 20 heavy (non-hydrogen) atoms. The molecule has 0 bridgehead atoms. The Morgan fingerprint density at radius 1 is 0.700 bits per heavy atom. The average molecular weight is 264 g/mol. The molecule has 2 nitrogen and oxygen atoms in total. The fourth-order valence-electron chi connectivity index (χ4n) is 1.84. The Balaban J connectivity index is 2.26. The van der Waals surface area contributed by atoms with Gasteiger partial charge in [0, 0.05) is 24.0 Å². The highest BCUT2D eigenvalue weighted by Crippen LogP contribution is 2.17. The SMILES string of the molecule is OCCC#Cc1ccc2cc(C#CCCO)ccc2c1. The normalized spacial score (nSPS) is 9.50. The fourth-order valence-corrected chi connectivity index (χ4v) is 1.84. The molecule has 0 aliphatic heterocycles. The summed E-state index contributed by atoms with van der Waals surface area (Å²) in [4.78, 5) is 0. The third-order valence-corrected chi connectivity index (χ3v) is 2.78. The number of rotatable bonds is 2. The topological polar surface area (TPSA) is 40.5 Å². The predicted molar refractivity (Wildman–Crippen MR) is 81.1 cm³/mol. The second-order valence-electron chi connectivity index (χ2n) is 4.33. The lowest BCUT2D eigenvalue weighted by atomic mass is 10.0. The summed E-state index contributed by atoms with van der Waals surface area (Å²) in [7, 11) is 0. The molecule has 0 aromatic heterocycles. The third kappa shape index (κ3) is 3.87. The standard InChI is InChI=1S/C18H16O2/c19-11-3-1-5-15-7-9-18-14-16(6-2-4-12-20)8-10-17(18)13-15/h7-10,13-14,19-20H,3-4,11-12H2. The first kappa shape index (κ1) is 14.2. The molecule has 2 aromatic rings. The quantitative estimate of drug-likeness (QED) is 0.817. The summed E-state index contributed by atoms with van der Waals surface area (Å²) in [5.41, 5.74) is 1.90. The minimum Gasteiger partial charge on any atom is -0.395 e. The molecule has 2 aromatic carbocycles. The molecule has 0 aliphatic carbocycles. The van der Waals surface area contributed by atoms with E-state index in [0.29, 0.717) is 12.8 Å². The lowest BCUT2D eigenvalue weighted by Crippen LogP contribution is -1.81. The van der Waals surface area contributed by atoms with E-state index < -0.39 is 0 Å². The number of hydrogen-bond donors (Lipinski definition) is 2. The summed E-state index contributed by atoms with van der Waals surface area (Å²) < 4.78 is 0. The van der Waals surface area contributed by atoms with Crippen molar-refractivity contribution in [2.45, 2.75) is 12.8 Å². The van der Waals surface area contributed by atoms with Gasteiger partial charge in [-0.25, -0.2) is 0 Å². The number of fused-ring (bicyclic) bond motifs is 1. The molecule has 0 radical (unpaired) electrons. The van der Waals surface area contributed by atoms with E-state index in [1.54, 1.807) is 0 Å². The van der Waals surface area contributed by atoms with Crippen LogP contribution < -0.4 is 0 Å². The van der Waals surface area contributed by atoms with E-state index in [1.807, 2.05) is 36.4 Å². The monoisotopic (exact) mass is 264 g/mol. The molecule has 0 aliphatic rings. The zero-order chi connectivity index (χ0) is 14.2. The number of aliphatic hydroxyl groups excluding tert-OH is 2. The molecule has 2 rings (SSSR count). The van der Waals surface area contributed by atoms with Crippen LogP contribution in [0.2, 0.25) is 0 Å². The molecule has 0 atom stereocenters. The molecular formula is C18H16O2. The second-order valence-corrected chi connectivity index (χ2v) is 4.33. The first-order valence-electron chi connectivity index (χ1n) is 6.57. The maximum atomic E-state index is 8.70. The van der Waals surface area contributed by atoms with Crippen molar-refractivity contribution in [1.29, 1.82) is 0 Å². The van der Waals surface area contributed by atoms with E-state index in [9.17, 15) is 0 Å². The Morgan fingerprint density at radius 2 is 1.15 bits per heavy atom. The Labute approximate surface area is 119 Å². The van der Waals surface area contributed by atoms with Crippen molar-refractivity contribution in [1.82, 2.24) is 0 Å². The van der Waals surface area contributed by atoms with Gasteiger partial charge in [0.1, 0.15) is 0 Å². The second kappa shape index (κ2) is 7.36. The van der Waals surface area contributed by atoms with E-state index in [1.165, 1.54) is 0 Å². The molecule has 2 heteroatoms. The van der Waals surface area contributed by atoms with E-state index in [2.05, 4.69) is 23.7 Å². The van der Waals surface area contributed by atoms with Crippen LogP contribution in [0.4, 0.5) is 0 Å². The van der Waals surface area contributed by atoms with Crippen molar-refractivity contribution >= 4 is 10.8 Å². The van der Waals surface area contributed by atoms with Crippen molar-refractivity contribution in [3.63, 3.8) is 0 Å². The lowest BCUT2D eigenvalue weighted by molar-refractivity contribution is 0.304. The van der Waals surface area contributed by atoms with Crippen LogP contribution in [0.3, 0.4) is 0 Å². The minimum absolute atomic E-state index is 0.0937. The van der Waals surface area contributed by atoms with Crippen LogP contribution in [0.1, 0.15) is 24.0 Å². The van der Waals surface area contributed by atoms with Gasteiger partial charge < -0.3 is 10.2 Å². The molecule has 2 N–H and O–H groups in total. The maximum Gasteiger partial charge on any atom is 0.0540 e. The molecule has 0 unspecified atom stereocenters. The summed E-state index contributed by atoms with van der Waals surface area (Å²) >= 11 is 0. The van der Waals surface area contributed by atoms with E-state index >= 15 is 0 Å². The summed E-state index contributed by atoms with van der Waals surface area (Å²) in [6.07, 6.45) is 0.995. The summed E-state index contributed by atoms with van der Waals surface area (Å²) in [5.74, 6) is 11.9. The van der Waals surface area contributed by atoms with Crippen LogP contribution in [0, 0.1) is 23.7 Å². The first-order chi connectivity index (χ1) is 9.83. The van der Waals surface area contributed by atoms with Gasteiger partial charge in [-0.2, -0.15) is 0 Å². The van der Waals surface area contributed by atoms with Gasteiger partial charge in [-0.1, -0.05) is 35.8 Å². The third-order valence-electron chi connectivity index (χ3n) is 2.78. The van der Waals surface area contributed by atoms with Crippen molar-refractivity contribution < 1.29 is 10.2 Å². The molecule has 100 valence electrons. The first-order valence-corrected chi connectivity index (χ1v) is 6.57. The van der Waals surface area contributed by atoms with Gasteiger partial charge in [-0.3, -0.25) is 0 Å². The highest BCUT2D eigenvalue weighted by atomic mass is 16.3. The van der Waals surface area contributed by atoms with Gasteiger partial charge in [0.25, 0.3) is 0 Å². The summed E-state index contributed by atoms with van der Waals surface area (Å²) in [6.45, 7) is 0.187. The van der Waals surface area contributed by atoms with Crippen LogP contribution in [0.15, 0.2) is 36.4 Å². The summed E-state index contributed by atoms with van der Waals surface area (Å²) in [6, 6.07) is 12.1. The Kier molecular flexibility index (Phi) is 5.21. The maximum absolute atomic E-state index is 8.70. The molecular weight excluding hydrogens is 248 g/mol. The van der Waals surface area contributed by atoms with E-state index in [0.717, 1.165) is 21.9 Å². The van der Waals surface area contributed by atoms with Crippen molar-refractivity contribution in [3.05, 3.63) is 47.5 Å². The van der Waals surface area contributed by atoms with Gasteiger partial charge >= 0.3 is 0 Å². The molecule has 0 amide bonds. The van der Waals surface area contributed by atoms with Crippen LogP contribution in [0.5, 0.6) is 0 Å². The molecule has 0 saturated heterocycles. The predicted octanol–water partition coefficient (Wildman–Crippen LogP) is 2.31. The zero-order valence-electron chi connectivity index (χ0n) is 11.2. The molecule has 0 spiro atoms. The number of benzene rings is 2. The van der Waals surface area contributed by atoms with E-state index in [4.69, 9.17) is 10.2 Å².